The zero-order valence-electron chi connectivity index (χ0n) is 9.02. The van der Waals surface area contributed by atoms with Gasteiger partial charge in [0, 0.05) is 6.42 Å². The van der Waals surface area contributed by atoms with E-state index in [1.807, 2.05) is 0 Å². The maximum atomic E-state index is 11.5. The molecule has 0 amide bonds. The van der Waals surface area contributed by atoms with Crippen LogP contribution in [0.4, 0.5) is 0 Å². The van der Waals surface area contributed by atoms with Crippen LogP contribution < -0.4 is 0 Å². The van der Waals surface area contributed by atoms with E-state index in [9.17, 15) is 9.59 Å². The Bertz CT molecular complexity index is 434. The lowest BCUT2D eigenvalue weighted by Gasteiger charge is -2.42. The summed E-state index contributed by atoms with van der Waals surface area (Å²) < 4.78 is 9.66. The number of nitrogens with zero attached hydrogens (tertiary/aromatic N) is 1. The van der Waals surface area contributed by atoms with E-state index >= 15 is 0 Å². The molecule has 1 saturated heterocycles. The third kappa shape index (κ3) is 1.30. The second-order valence-electron chi connectivity index (χ2n) is 4.25. The van der Waals surface area contributed by atoms with Crippen molar-refractivity contribution in [3.63, 3.8) is 0 Å². The van der Waals surface area contributed by atoms with E-state index in [0.717, 1.165) is 0 Å². The van der Waals surface area contributed by atoms with Gasteiger partial charge in [-0.05, 0) is 6.92 Å². The van der Waals surface area contributed by atoms with Gasteiger partial charge in [-0.2, -0.15) is 5.26 Å². The Hall–Kier alpha value is -1.83. The summed E-state index contributed by atoms with van der Waals surface area (Å²) in [6, 6.07) is 2.12. The molecular formula is C11H11NO4. The van der Waals surface area contributed by atoms with Gasteiger partial charge in [0.25, 0.3) is 0 Å². The zero-order valence-corrected chi connectivity index (χ0v) is 9.02. The van der Waals surface area contributed by atoms with Gasteiger partial charge in [0.05, 0.1) is 30.1 Å². The van der Waals surface area contributed by atoms with Gasteiger partial charge >= 0.3 is 11.9 Å². The van der Waals surface area contributed by atoms with Gasteiger partial charge in [0.1, 0.15) is 6.10 Å². The molecule has 2 bridgehead atoms. The number of ether oxygens (including phenoxy) is 2. The van der Waals surface area contributed by atoms with Crippen LogP contribution in [0.25, 0.3) is 0 Å². The minimum absolute atomic E-state index is 0.347. The van der Waals surface area contributed by atoms with Gasteiger partial charge in [0.2, 0.25) is 0 Å². The van der Waals surface area contributed by atoms with Crippen molar-refractivity contribution in [1.29, 1.82) is 5.26 Å². The Morgan fingerprint density at radius 1 is 1.75 bits per heavy atom. The van der Waals surface area contributed by atoms with Crippen molar-refractivity contribution in [2.45, 2.75) is 19.4 Å². The smallest absolute Gasteiger partial charge is 0.337 e. The van der Waals surface area contributed by atoms with Gasteiger partial charge in [-0.15, -0.1) is 0 Å². The van der Waals surface area contributed by atoms with Crippen LogP contribution in [0.2, 0.25) is 0 Å². The van der Waals surface area contributed by atoms with Crippen LogP contribution in [0.5, 0.6) is 0 Å². The summed E-state index contributed by atoms with van der Waals surface area (Å²) in [5, 5.41) is 9.07. The highest BCUT2D eigenvalue weighted by Gasteiger charge is 2.53. The number of hydrogen-bond donors (Lipinski definition) is 0. The van der Waals surface area contributed by atoms with Crippen molar-refractivity contribution in [2.24, 2.45) is 11.3 Å². The average Bonchev–Trinajstić information content (AvgIpc) is 2.28. The Kier molecular flexibility index (Phi) is 2.23. The largest absolute Gasteiger partial charge is 0.466 e. The van der Waals surface area contributed by atoms with Crippen LogP contribution in [0.1, 0.15) is 13.3 Å². The Labute approximate surface area is 92.6 Å². The lowest BCUT2D eigenvalue weighted by atomic mass is 9.66. The molecule has 0 saturated carbocycles. The molecule has 3 aliphatic rings. The quantitative estimate of drug-likeness (QED) is 0.605. The van der Waals surface area contributed by atoms with Crippen molar-refractivity contribution in [1.82, 2.24) is 0 Å². The first-order chi connectivity index (χ1) is 7.51. The Morgan fingerprint density at radius 3 is 2.94 bits per heavy atom. The third-order valence-electron chi connectivity index (χ3n) is 3.18. The molecular weight excluding hydrogens is 210 g/mol. The maximum absolute atomic E-state index is 11.5. The van der Waals surface area contributed by atoms with E-state index in [0.29, 0.717) is 12.0 Å². The van der Waals surface area contributed by atoms with Gasteiger partial charge < -0.3 is 9.47 Å². The average molecular weight is 221 g/mol. The van der Waals surface area contributed by atoms with E-state index in [-0.39, 0.29) is 0 Å². The first kappa shape index (κ1) is 10.7. The minimum atomic E-state index is -0.780. The second-order valence-corrected chi connectivity index (χ2v) is 4.25. The summed E-state index contributed by atoms with van der Waals surface area (Å²) in [7, 11) is 1.27. The normalized spacial score (nSPS) is 36.1. The molecule has 84 valence electrons. The fourth-order valence-electron chi connectivity index (χ4n) is 2.17. The number of esters is 2. The van der Waals surface area contributed by atoms with Crippen molar-refractivity contribution in [2.75, 3.05) is 7.11 Å². The molecule has 3 rings (SSSR count). The fraction of sp³-hybridized carbons (Fsp3) is 0.545. The SMILES string of the molecule is COC(=O)C1=CC2C(=O)OC1CC2(C)C#N. The molecule has 1 aliphatic carbocycles. The summed E-state index contributed by atoms with van der Waals surface area (Å²) >= 11 is 0. The summed E-state index contributed by atoms with van der Waals surface area (Å²) in [6.45, 7) is 1.70. The lowest BCUT2D eigenvalue weighted by Crippen LogP contribution is -2.49. The highest BCUT2D eigenvalue weighted by atomic mass is 16.6. The van der Waals surface area contributed by atoms with E-state index in [2.05, 4.69) is 10.8 Å². The number of hydrogen-bond acceptors (Lipinski definition) is 5. The third-order valence-corrected chi connectivity index (χ3v) is 3.18. The van der Waals surface area contributed by atoms with Crippen molar-refractivity contribution in [3.8, 4) is 6.07 Å². The van der Waals surface area contributed by atoms with Gasteiger partial charge in [-0.25, -0.2) is 4.79 Å². The van der Waals surface area contributed by atoms with Crippen LogP contribution in [-0.4, -0.2) is 25.2 Å². The van der Waals surface area contributed by atoms with Gasteiger partial charge in [0.15, 0.2) is 0 Å². The summed E-state index contributed by atoms with van der Waals surface area (Å²) in [5.74, 6) is -1.60. The van der Waals surface area contributed by atoms with Gasteiger partial charge in [-0.1, -0.05) is 6.08 Å². The molecule has 2 heterocycles. The first-order valence-corrected chi connectivity index (χ1v) is 4.93. The molecule has 0 aromatic carbocycles. The Balaban J connectivity index is 2.42. The zero-order chi connectivity index (χ0) is 11.9. The van der Waals surface area contributed by atoms with Crippen LogP contribution in [0.3, 0.4) is 0 Å². The molecule has 0 aromatic rings. The van der Waals surface area contributed by atoms with Crippen LogP contribution >= 0.6 is 0 Å². The van der Waals surface area contributed by atoms with E-state index in [1.165, 1.54) is 13.2 Å². The monoisotopic (exact) mass is 221 g/mol. The highest BCUT2D eigenvalue weighted by Crippen LogP contribution is 2.45. The lowest BCUT2D eigenvalue weighted by molar-refractivity contribution is -0.166. The summed E-state index contributed by atoms with van der Waals surface area (Å²) in [6.07, 6.45) is 1.21. The maximum Gasteiger partial charge on any atom is 0.337 e. The molecule has 0 radical (unpaired) electrons. The standard InChI is InChI=1S/C11H11NO4/c1-11(5-12)4-8-6(9(13)15-2)3-7(11)10(14)16-8/h3,7-8H,4H2,1-2H3. The number of carbonyl (C=O) groups is 2. The van der Waals surface area contributed by atoms with Crippen LogP contribution in [0.15, 0.2) is 11.6 Å². The highest BCUT2D eigenvalue weighted by molar-refractivity contribution is 5.94. The van der Waals surface area contributed by atoms with E-state index in [4.69, 9.17) is 10.00 Å². The fourth-order valence-corrected chi connectivity index (χ4v) is 2.17. The second kappa shape index (κ2) is 3.34. The molecule has 0 aromatic heterocycles. The predicted molar refractivity (Wildman–Crippen MR) is 51.8 cm³/mol. The number of nitriles is 1. The number of rotatable bonds is 1. The molecule has 0 spiro atoms. The molecule has 5 heteroatoms. The predicted octanol–water partition coefficient (Wildman–Crippen LogP) is 0.561. The molecule has 3 atom stereocenters. The minimum Gasteiger partial charge on any atom is -0.466 e. The number of fused-ring (bicyclic) bond motifs is 2. The molecule has 16 heavy (non-hydrogen) atoms. The van der Waals surface area contributed by atoms with Crippen LogP contribution in [0, 0.1) is 22.7 Å². The summed E-state index contributed by atoms with van der Waals surface area (Å²) in [4.78, 5) is 22.9. The van der Waals surface area contributed by atoms with Crippen LogP contribution in [-0.2, 0) is 19.1 Å². The molecule has 5 nitrogen and oxygen atoms in total. The van der Waals surface area contributed by atoms with E-state index in [1.54, 1.807) is 6.92 Å². The van der Waals surface area contributed by atoms with Crippen molar-refractivity contribution in [3.05, 3.63) is 11.6 Å². The molecule has 1 fully saturated rings. The number of methoxy groups -OCH3 is 1. The van der Waals surface area contributed by atoms with Crippen molar-refractivity contribution < 1.29 is 19.1 Å². The molecule has 2 aliphatic heterocycles. The van der Waals surface area contributed by atoms with Gasteiger partial charge in [-0.3, -0.25) is 4.79 Å². The molecule has 0 N–H and O–H groups in total. The van der Waals surface area contributed by atoms with E-state index < -0.39 is 29.4 Å². The topological polar surface area (TPSA) is 76.4 Å². The first-order valence-electron chi connectivity index (χ1n) is 4.93. The molecule has 3 unspecified atom stereocenters. The number of carbonyl (C=O) groups excluding carboxylic acids is 2. The Morgan fingerprint density at radius 2 is 2.44 bits per heavy atom. The summed E-state index contributed by atoms with van der Waals surface area (Å²) in [5.41, 5.74) is -0.433. The van der Waals surface area contributed by atoms with Crippen molar-refractivity contribution >= 4 is 11.9 Å².